The summed E-state index contributed by atoms with van der Waals surface area (Å²) in [5.41, 5.74) is -3.46. The van der Waals surface area contributed by atoms with Crippen molar-refractivity contribution in [2.45, 2.75) is 44.3 Å². The Bertz CT molecular complexity index is 1260. The molecule has 7 nitrogen and oxygen atoms in total. The van der Waals surface area contributed by atoms with Crippen LogP contribution >= 0.6 is 0 Å². The van der Waals surface area contributed by atoms with Gasteiger partial charge >= 0.3 is 18.0 Å². The van der Waals surface area contributed by atoms with Crippen molar-refractivity contribution in [1.82, 2.24) is 20.1 Å². The van der Waals surface area contributed by atoms with E-state index >= 15 is 0 Å². The number of benzene rings is 2. The van der Waals surface area contributed by atoms with Gasteiger partial charge in [0.2, 0.25) is 0 Å². The minimum absolute atomic E-state index is 0.0370. The van der Waals surface area contributed by atoms with E-state index in [9.17, 15) is 35.5 Å². The first-order valence-electron chi connectivity index (χ1n) is 11.0. The number of ether oxygens (including phenoxy) is 2. The number of aromatic amines is 2. The molecule has 200 valence electrons. The van der Waals surface area contributed by atoms with Crippen molar-refractivity contribution < 1.29 is 40.2 Å². The van der Waals surface area contributed by atoms with Gasteiger partial charge in [0.25, 0.3) is 0 Å². The second-order valence-corrected chi connectivity index (χ2v) is 8.45. The van der Waals surface area contributed by atoms with Gasteiger partial charge in [-0.15, -0.1) is 0 Å². The van der Waals surface area contributed by atoms with Crippen LogP contribution in [0.2, 0.25) is 0 Å². The van der Waals surface area contributed by atoms with Crippen LogP contribution in [-0.4, -0.2) is 39.5 Å². The van der Waals surface area contributed by atoms with Crippen LogP contribution in [0.4, 0.5) is 30.7 Å². The average molecular weight is 534 g/mol. The van der Waals surface area contributed by atoms with Gasteiger partial charge in [-0.3, -0.25) is 9.88 Å². The lowest BCUT2D eigenvalue weighted by molar-refractivity contribution is -0.231. The highest BCUT2D eigenvalue weighted by atomic mass is 19.4. The molecule has 0 spiro atoms. The molecule has 0 radical (unpaired) electrons. The van der Waals surface area contributed by atoms with Crippen LogP contribution in [0.3, 0.4) is 0 Å². The van der Waals surface area contributed by atoms with Crippen molar-refractivity contribution in [3.8, 4) is 0 Å². The molecule has 3 atom stereocenters. The van der Waals surface area contributed by atoms with Gasteiger partial charge in [0.05, 0.1) is 36.4 Å². The lowest BCUT2D eigenvalue weighted by Crippen LogP contribution is -2.46. The predicted molar refractivity (Wildman–Crippen MR) is 114 cm³/mol. The second kappa shape index (κ2) is 10.3. The van der Waals surface area contributed by atoms with E-state index in [0.717, 1.165) is 0 Å². The zero-order valence-corrected chi connectivity index (χ0v) is 19.2. The highest BCUT2D eigenvalue weighted by molar-refractivity contribution is 5.34. The highest BCUT2D eigenvalue weighted by Gasteiger charge is 2.39. The molecule has 0 aliphatic carbocycles. The Morgan fingerprint density at radius 2 is 1.78 bits per heavy atom. The zero-order chi connectivity index (χ0) is 27.0. The van der Waals surface area contributed by atoms with Gasteiger partial charge in [-0.25, -0.2) is 14.3 Å². The van der Waals surface area contributed by atoms with E-state index in [1.54, 1.807) is 11.0 Å². The van der Waals surface area contributed by atoms with E-state index in [4.69, 9.17) is 9.47 Å². The van der Waals surface area contributed by atoms with Crippen LogP contribution in [0.5, 0.6) is 0 Å². The van der Waals surface area contributed by atoms with E-state index < -0.39 is 53.4 Å². The zero-order valence-electron chi connectivity index (χ0n) is 19.2. The van der Waals surface area contributed by atoms with Gasteiger partial charge in [0.1, 0.15) is 11.6 Å². The predicted octanol–water partition coefficient (Wildman–Crippen LogP) is 4.95. The minimum Gasteiger partial charge on any atom is -0.349 e. The molecule has 4 rings (SSSR count). The first-order chi connectivity index (χ1) is 17.3. The fourth-order valence-corrected chi connectivity index (χ4v) is 4.10. The third kappa shape index (κ3) is 6.37. The van der Waals surface area contributed by atoms with Gasteiger partial charge < -0.3 is 9.47 Å². The number of alkyl halides is 6. The minimum atomic E-state index is -5.02. The van der Waals surface area contributed by atoms with Crippen LogP contribution < -0.4 is 5.69 Å². The molecule has 14 heteroatoms. The van der Waals surface area contributed by atoms with Gasteiger partial charge in [-0.05, 0) is 48.4 Å². The fraction of sp³-hybridized carbons (Fsp3) is 0.391. The summed E-state index contributed by atoms with van der Waals surface area (Å²) in [5.74, 6) is -0.316. The third-order valence-electron chi connectivity index (χ3n) is 5.82. The van der Waals surface area contributed by atoms with E-state index in [-0.39, 0.29) is 37.2 Å². The van der Waals surface area contributed by atoms with Crippen LogP contribution in [-0.2, 0) is 28.4 Å². The standard InChI is InChI=1S/C23H21F7N4O3/c1-12(14-7-15(22(25,26)27)10-16(8-14)23(28,29)30)37-20-19(13-3-2-4-17(24)9-13)34(5-6-36-20)11-18-31-21(35)33-32-18/h2-4,7-10,12,19-20H,5-6,11H2,1H3,(H2,31,32,33,35)/t12-,19?,20-/m1/s1. The molecule has 3 aromatic rings. The van der Waals surface area contributed by atoms with Gasteiger partial charge in [-0.2, -0.15) is 31.4 Å². The number of rotatable bonds is 6. The number of morpholine rings is 1. The fourth-order valence-electron chi connectivity index (χ4n) is 4.10. The monoisotopic (exact) mass is 534 g/mol. The Hall–Kier alpha value is -3.23. The van der Waals surface area contributed by atoms with Crippen molar-refractivity contribution in [1.29, 1.82) is 0 Å². The Morgan fingerprint density at radius 1 is 1.11 bits per heavy atom. The number of hydrogen-bond acceptors (Lipinski definition) is 5. The second-order valence-electron chi connectivity index (χ2n) is 8.45. The summed E-state index contributed by atoms with van der Waals surface area (Å²) >= 11 is 0. The Labute approximate surface area is 205 Å². The van der Waals surface area contributed by atoms with Crippen LogP contribution in [0.15, 0.2) is 47.3 Å². The molecule has 1 aliphatic rings. The van der Waals surface area contributed by atoms with Crippen LogP contribution in [0.25, 0.3) is 0 Å². The van der Waals surface area contributed by atoms with E-state index in [1.807, 2.05) is 0 Å². The van der Waals surface area contributed by atoms with Gasteiger partial charge in [-0.1, -0.05) is 12.1 Å². The third-order valence-corrected chi connectivity index (χ3v) is 5.82. The molecule has 2 aromatic carbocycles. The summed E-state index contributed by atoms with van der Waals surface area (Å²) in [7, 11) is 0. The van der Waals surface area contributed by atoms with Crippen molar-refractivity contribution in [3.05, 3.63) is 86.8 Å². The van der Waals surface area contributed by atoms with E-state index in [0.29, 0.717) is 17.7 Å². The molecule has 1 aliphatic heterocycles. The molecule has 37 heavy (non-hydrogen) atoms. The van der Waals surface area contributed by atoms with E-state index in [1.165, 1.54) is 25.1 Å². The number of halogens is 7. The average Bonchev–Trinajstić information content (AvgIpc) is 3.22. The first kappa shape index (κ1) is 26.8. The van der Waals surface area contributed by atoms with E-state index in [2.05, 4.69) is 15.2 Å². The molecule has 0 bridgehead atoms. The summed E-state index contributed by atoms with van der Waals surface area (Å²) < 4.78 is 106. The molecule has 0 saturated carbocycles. The maximum atomic E-state index is 14.1. The van der Waals surface area contributed by atoms with Crippen molar-refractivity contribution in [3.63, 3.8) is 0 Å². The first-order valence-corrected chi connectivity index (χ1v) is 11.0. The molecule has 1 saturated heterocycles. The molecule has 1 fully saturated rings. The normalized spacial score (nSPS) is 20.2. The van der Waals surface area contributed by atoms with Gasteiger partial charge in [0, 0.05) is 6.54 Å². The Balaban J connectivity index is 1.67. The van der Waals surface area contributed by atoms with Crippen molar-refractivity contribution >= 4 is 0 Å². The van der Waals surface area contributed by atoms with Crippen LogP contribution in [0.1, 0.15) is 47.1 Å². The lowest BCUT2D eigenvalue weighted by Gasteiger charge is -2.41. The quantitative estimate of drug-likeness (QED) is 0.438. The lowest BCUT2D eigenvalue weighted by atomic mass is 10.0. The van der Waals surface area contributed by atoms with Crippen LogP contribution in [0, 0.1) is 5.82 Å². The Morgan fingerprint density at radius 3 is 2.35 bits per heavy atom. The SMILES string of the molecule is C[C@@H](O[C@H]1OCCN(Cc2n[nH]c(=O)[nH]2)C1c1cccc(F)c1)c1cc(C(F)(F)F)cc(C(F)(F)F)c1. The molecule has 0 amide bonds. The summed E-state index contributed by atoms with van der Waals surface area (Å²) in [6, 6.07) is 5.83. The number of hydrogen-bond donors (Lipinski definition) is 2. The maximum absolute atomic E-state index is 14.1. The molecular formula is C23H21F7N4O3. The highest BCUT2D eigenvalue weighted by Crippen LogP contribution is 2.39. The topological polar surface area (TPSA) is 83.2 Å². The van der Waals surface area contributed by atoms with Crippen molar-refractivity contribution in [2.75, 3.05) is 13.2 Å². The molecule has 2 N–H and O–H groups in total. The maximum Gasteiger partial charge on any atom is 0.416 e. The molecular weight excluding hydrogens is 513 g/mol. The number of nitrogens with zero attached hydrogens (tertiary/aromatic N) is 2. The largest absolute Gasteiger partial charge is 0.416 e. The molecule has 1 aromatic heterocycles. The van der Waals surface area contributed by atoms with Gasteiger partial charge in [0.15, 0.2) is 6.29 Å². The Kier molecular flexibility index (Phi) is 7.44. The molecule has 1 unspecified atom stereocenters. The summed E-state index contributed by atoms with van der Waals surface area (Å²) in [5, 5.41) is 6.08. The van der Waals surface area contributed by atoms with Crippen molar-refractivity contribution in [2.24, 2.45) is 0 Å². The summed E-state index contributed by atoms with van der Waals surface area (Å²) in [4.78, 5) is 15.7. The summed E-state index contributed by atoms with van der Waals surface area (Å²) in [6.45, 7) is 1.73. The number of H-pyrrole nitrogens is 2. The molecule has 2 heterocycles. The number of aromatic nitrogens is 3. The summed E-state index contributed by atoms with van der Waals surface area (Å²) in [6.07, 6.45) is -12.5. The smallest absolute Gasteiger partial charge is 0.349 e. The number of nitrogens with one attached hydrogen (secondary N) is 2.